The summed E-state index contributed by atoms with van der Waals surface area (Å²) < 4.78 is 59.5. The number of nitrogens with one attached hydrogen (secondary N) is 1. The monoisotopic (exact) mass is 295 g/mol. The van der Waals surface area contributed by atoms with Crippen LogP contribution in [0.25, 0.3) is 0 Å². The van der Waals surface area contributed by atoms with E-state index < -0.39 is 27.0 Å². The van der Waals surface area contributed by atoms with Crippen LogP contribution >= 0.6 is 0 Å². The summed E-state index contributed by atoms with van der Waals surface area (Å²) in [5.74, 6) is 0. The van der Waals surface area contributed by atoms with Gasteiger partial charge in [-0.15, -0.1) is 0 Å². The first-order valence-corrected chi connectivity index (χ1v) is 7.48. The maximum atomic E-state index is 11.6. The Morgan fingerprint density at radius 3 is 2.22 bits per heavy atom. The summed E-state index contributed by atoms with van der Waals surface area (Å²) in [5.41, 5.74) is 5.81. The van der Waals surface area contributed by atoms with E-state index in [1.807, 2.05) is 0 Å². The van der Waals surface area contributed by atoms with Crippen LogP contribution in [0.4, 0.5) is 5.69 Å². The molecule has 0 saturated heterocycles. The average molecular weight is 295 g/mol. The molecule has 0 unspecified atom stereocenters. The lowest BCUT2D eigenvalue weighted by Gasteiger charge is -2.09. The van der Waals surface area contributed by atoms with E-state index in [0.717, 1.165) is 0 Å². The molecule has 3 N–H and O–H groups in total. The van der Waals surface area contributed by atoms with Crippen molar-refractivity contribution in [2.24, 2.45) is 0 Å². The molecule has 1 aromatic carbocycles. The molecule has 1 rings (SSSR count). The van der Waals surface area contributed by atoms with E-state index in [1.165, 1.54) is 24.3 Å². The molecule has 0 spiro atoms. The Kier molecular flexibility index (Phi) is 4.65. The molecule has 0 fully saturated rings. The SMILES string of the molecule is Nc1ccc(S(=O)(=O)NCCOS(=O)(=O)[O-])cc1. The summed E-state index contributed by atoms with van der Waals surface area (Å²) in [5, 5.41) is 0. The maximum Gasteiger partial charge on any atom is 0.240 e. The van der Waals surface area contributed by atoms with Gasteiger partial charge in [0.1, 0.15) is 0 Å². The second-order valence-corrected chi connectivity index (χ2v) is 6.02. The van der Waals surface area contributed by atoms with Crippen molar-refractivity contribution in [2.45, 2.75) is 4.90 Å². The molecule has 0 bridgehead atoms. The van der Waals surface area contributed by atoms with Gasteiger partial charge in [-0.25, -0.2) is 21.6 Å². The van der Waals surface area contributed by atoms with E-state index in [1.54, 1.807) is 0 Å². The first kappa shape index (κ1) is 14.9. The third-order valence-electron chi connectivity index (χ3n) is 1.81. The molecule has 18 heavy (non-hydrogen) atoms. The fraction of sp³-hybridized carbons (Fsp3) is 0.250. The molecule has 8 nitrogen and oxygen atoms in total. The third-order valence-corrected chi connectivity index (χ3v) is 3.74. The van der Waals surface area contributed by atoms with Crippen molar-refractivity contribution in [2.75, 3.05) is 18.9 Å². The van der Waals surface area contributed by atoms with Crippen molar-refractivity contribution in [1.29, 1.82) is 0 Å². The molecule has 1 aromatic rings. The van der Waals surface area contributed by atoms with Crippen LogP contribution in [0, 0.1) is 0 Å². The second kappa shape index (κ2) is 5.63. The van der Waals surface area contributed by atoms with Crippen LogP contribution in [0.15, 0.2) is 29.2 Å². The highest BCUT2D eigenvalue weighted by atomic mass is 32.3. The predicted molar refractivity (Wildman–Crippen MR) is 61.7 cm³/mol. The quantitative estimate of drug-likeness (QED) is 0.298. The van der Waals surface area contributed by atoms with Crippen LogP contribution in [0.3, 0.4) is 0 Å². The van der Waals surface area contributed by atoms with Gasteiger partial charge in [-0.05, 0) is 24.3 Å². The Balaban J connectivity index is 2.58. The lowest BCUT2D eigenvalue weighted by Crippen LogP contribution is -2.28. The van der Waals surface area contributed by atoms with Crippen LogP contribution in [0.2, 0.25) is 0 Å². The first-order valence-electron chi connectivity index (χ1n) is 4.66. The number of hydrogen-bond acceptors (Lipinski definition) is 7. The maximum absolute atomic E-state index is 11.6. The number of anilines is 1. The van der Waals surface area contributed by atoms with Gasteiger partial charge in [0.05, 0.1) is 11.5 Å². The van der Waals surface area contributed by atoms with Gasteiger partial charge in [0, 0.05) is 12.2 Å². The zero-order valence-electron chi connectivity index (χ0n) is 9.07. The van der Waals surface area contributed by atoms with Crippen LogP contribution in [0.1, 0.15) is 0 Å². The van der Waals surface area contributed by atoms with Crippen LogP contribution < -0.4 is 10.5 Å². The molecule has 0 radical (unpaired) electrons. The van der Waals surface area contributed by atoms with E-state index in [4.69, 9.17) is 5.73 Å². The molecule has 0 aliphatic heterocycles. The topological polar surface area (TPSA) is 139 Å². The van der Waals surface area contributed by atoms with Gasteiger partial charge >= 0.3 is 0 Å². The molecule has 0 atom stereocenters. The minimum Gasteiger partial charge on any atom is -0.726 e. The van der Waals surface area contributed by atoms with Gasteiger partial charge in [-0.3, -0.25) is 4.18 Å². The van der Waals surface area contributed by atoms with Crippen molar-refractivity contribution in [3.05, 3.63) is 24.3 Å². The Labute approximate surface area is 105 Å². The van der Waals surface area contributed by atoms with Gasteiger partial charge in [0.25, 0.3) is 0 Å². The minimum atomic E-state index is -4.81. The third kappa shape index (κ3) is 4.98. The molecular weight excluding hydrogens is 284 g/mol. The highest BCUT2D eigenvalue weighted by molar-refractivity contribution is 7.89. The zero-order chi connectivity index (χ0) is 13.8. The smallest absolute Gasteiger partial charge is 0.240 e. The van der Waals surface area contributed by atoms with Crippen molar-refractivity contribution in [3.63, 3.8) is 0 Å². The van der Waals surface area contributed by atoms with Crippen molar-refractivity contribution in [3.8, 4) is 0 Å². The fourth-order valence-electron chi connectivity index (χ4n) is 1.05. The summed E-state index contributed by atoms with van der Waals surface area (Å²) in [6.45, 7) is -0.909. The Hall–Kier alpha value is -1.20. The van der Waals surface area contributed by atoms with Gasteiger partial charge in [0.15, 0.2) is 0 Å². The summed E-state index contributed by atoms with van der Waals surface area (Å²) in [7, 11) is -8.59. The minimum absolute atomic E-state index is 0.0262. The Bertz CT molecular complexity index is 593. The fourth-order valence-corrected chi connectivity index (χ4v) is 2.35. The number of nitrogen functional groups attached to an aromatic ring is 1. The van der Waals surface area contributed by atoms with E-state index in [2.05, 4.69) is 8.91 Å². The normalized spacial score (nSPS) is 12.5. The number of nitrogens with two attached hydrogens (primary N) is 1. The van der Waals surface area contributed by atoms with Crippen LogP contribution in [0.5, 0.6) is 0 Å². The van der Waals surface area contributed by atoms with Gasteiger partial charge < -0.3 is 10.3 Å². The molecule has 0 aromatic heterocycles. The number of sulfonamides is 1. The molecule has 0 aliphatic rings. The number of benzene rings is 1. The average Bonchev–Trinajstić information content (AvgIpc) is 2.24. The lowest BCUT2D eigenvalue weighted by molar-refractivity contribution is 0.265. The Morgan fingerprint density at radius 1 is 1.17 bits per heavy atom. The van der Waals surface area contributed by atoms with E-state index in [9.17, 15) is 21.4 Å². The van der Waals surface area contributed by atoms with E-state index >= 15 is 0 Å². The van der Waals surface area contributed by atoms with Gasteiger partial charge in [0.2, 0.25) is 20.4 Å². The number of hydrogen-bond donors (Lipinski definition) is 2. The van der Waals surface area contributed by atoms with Crippen LogP contribution in [-0.4, -0.2) is 34.5 Å². The highest BCUT2D eigenvalue weighted by Gasteiger charge is 2.12. The van der Waals surface area contributed by atoms with E-state index in [-0.39, 0.29) is 11.4 Å². The zero-order valence-corrected chi connectivity index (χ0v) is 10.7. The van der Waals surface area contributed by atoms with Crippen molar-refractivity contribution < 1.29 is 25.6 Å². The molecule has 0 saturated carbocycles. The van der Waals surface area contributed by atoms with Crippen molar-refractivity contribution >= 4 is 26.1 Å². The summed E-state index contributed by atoms with van der Waals surface area (Å²) in [6.07, 6.45) is 0. The molecule has 102 valence electrons. The largest absolute Gasteiger partial charge is 0.726 e. The molecular formula is C8H11N2O6S2-. The molecule has 0 heterocycles. The molecule has 0 amide bonds. The molecule has 10 heteroatoms. The van der Waals surface area contributed by atoms with Gasteiger partial charge in [-0.2, -0.15) is 0 Å². The van der Waals surface area contributed by atoms with Crippen molar-refractivity contribution in [1.82, 2.24) is 4.72 Å². The van der Waals surface area contributed by atoms with Crippen LogP contribution in [-0.2, 0) is 24.6 Å². The Morgan fingerprint density at radius 2 is 1.72 bits per heavy atom. The highest BCUT2D eigenvalue weighted by Crippen LogP contribution is 2.10. The standard InChI is InChI=1S/C8H12N2O6S2/c9-7-1-3-8(4-2-7)17(11,12)10-5-6-16-18(13,14)15/h1-4,10H,5-6,9H2,(H,13,14,15)/p-1. The first-order chi connectivity index (χ1) is 8.21. The summed E-state index contributed by atoms with van der Waals surface area (Å²) in [6, 6.07) is 5.41. The summed E-state index contributed by atoms with van der Waals surface area (Å²) in [4.78, 5) is -0.0262. The van der Waals surface area contributed by atoms with E-state index in [0.29, 0.717) is 5.69 Å². The predicted octanol–water partition coefficient (Wildman–Crippen LogP) is -0.976. The number of rotatable bonds is 6. The second-order valence-electron chi connectivity index (χ2n) is 3.20. The summed E-state index contributed by atoms with van der Waals surface area (Å²) >= 11 is 0. The van der Waals surface area contributed by atoms with Gasteiger partial charge in [-0.1, -0.05) is 0 Å². The lowest BCUT2D eigenvalue weighted by atomic mass is 10.3. The molecule has 0 aliphatic carbocycles.